The monoisotopic (exact) mass is 660 g/mol. The summed E-state index contributed by atoms with van der Waals surface area (Å²) < 4.78 is 0. The predicted molar refractivity (Wildman–Crippen MR) is 184 cm³/mol. The first-order chi connectivity index (χ1) is 22.7. The number of terminal acetylenes is 1. The van der Waals surface area contributed by atoms with Gasteiger partial charge in [-0.1, -0.05) is 35.7 Å². The fraction of sp³-hybridized carbons (Fsp3) is 0.514. The van der Waals surface area contributed by atoms with Crippen molar-refractivity contribution >= 4 is 40.9 Å². The van der Waals surface area contributed by atoms with Crippen molar-refractivity contribution in [1.29, 1.82) is 0 Å². The number of fused-ring (bicyclic) bond motifs is 1. The van der Waals surface area contributed by atoms with Crippen LogP contribution in [0.5, 0.6) is 0 Å². The molecule has 11 nitrogen and oxygen atoms in total. The number of piperazine rings is 1. The van der Waals surface area contributed by atoms with Crippen LogP contribution in [0, 0.1) is 12.3 Å². The lowest BCUT2D eigenvalue weighted by molar-refractivity contribution is -0.135. The molecule has 4 heterocycles. The average molecular weight is 661 g/mol. The van der Waals surface area contributed by atoms with Crippen molar-refractivity contribution in [2.45, 2.75) is 56.8 Å². The van der Waals surface area contributed by atoms with Gasteiger partial charge in [-0.25, -0.2) is 9.59 Å². The van der Waals surface area contributed by atoms with E-state index in [1.54, 1.807) is 17.0 Å². The van der Waals surface area contributed by atoms with Crippen molar-refractivity contribution in [3.63, 3.8) is 0 Å². The van der Waals surface area contributed by atoms with E-state index >= 15 is 0 Å². The molecule has 4 N–H and O–H groups in total. The number of amides is 5. The van der Waals surface area contributed by atoms with E-state index < -0.39 is 6.04 Å². The van der Waals surface area contributed by atoms with Gasteiger partial charge in [-0.05, 0) is 75.1 Å². The zero-order chi connectivity index (χ0) is 33.1. The van der Waals surface area contributed by atoms with Crippen LogP contribution in [0.3, 0.4) is 0 Å². The van der Waals surface area contributed by atoms with Crippen LogP contribution in [-0.4, -0.2) is 120 Å². The van der Waals surface area contributed by atoms with E-state index in [4.69, 9.17) is 23.8 Å². The maximum absolute atomic E-state index is 14.1. The Balaban J connectivity index is 1.10. The van der Waals surface area contributed by atoms with E-state index in [9.17, 15) is 14.4 Å². The Hall–Kier alpha value is -3.98. The number of carbonyl (C=O) groups excluding carboxylic acids is 3. The number of likely N-dealkylation sites (tertiary alicyclic amines) is 2. The standard InChI is InChI=1S/C35H45ClN8O3/c1-3-25-20-24(21-29(36)32(25)37)22-31(33(45)42-18-16-41(17-19-42)27-8-12-40(2)13-9-27)39-34(46)43-14-10-28(11-15-43)44-23-26-6-4-5-7-30(26)38-35(44)47/h1,4-7,20-21,27-28,31H,8-19,22-23,37H2,2H3,(H,38,47)(H,39,46)/t31-/m1/s1. The van der Waals surface area contributed by atoms with E-state index in [-0.39, 0.29) is 30.4 Å². The Morgan fingerprint density at radius 1 is 1.00 bits per heavy atom. The largest absolute Gasteiger partial charge is 0.397 e. The lowest BCUT2D eigenvalue weighted by Gasteiger charge is -2.43. The first-order valence-corrected chi connectivity index (χ1v) is 17.0. The summed E-state index contributed by atoms with van der Waals surface area (Å²) in [4.78, 5) is 51.0. The number of hydrogen-bond donors (Lipinski definition) is 3. The molecule has 4 aliphatic heterocycles. The Morgan fingerprint density at radius 2 is 1.68 bits per heavy atom. The fourth-order valence-electron chi connectivity index (χ4n) is 7.37. The summed E-state index contributed by atoms with van der Waals surface area (Å²) in [5.41, 5.74) is 9.51. The van der Waals surface area contributed by atoms with Crippen molar-refractivity contribution in [1.82, 2.24) is 29.8 Å². The number of halogens is 1. The molecular weight excluding hydrogens is 616 g/mol. The van der Waals surface area contributed by atoms with Crippen molar-refractivity contribution in [3.8, 4) is 12.3 Å². The Morgan fingerprint density at radius 3 is 2.38 bits per heavy atom. The number of hydrogen-bond acceptors (Lipinski definition) is 6. The summed E-state index contributed by atoms with van der Waals surface area (Å²) in [6, 6.07) is 10.7. The molecule has 47 heavy (non-hydrogen) atoms. The number of carbonyl (C=O) groups is 3. The van der Waals surface area contributed by atoms with Gasteiger partial charge < -0.3 is 36.0 Å². The van der Waals surface area contributed by atoms with E-state index in [0.29, 0.717) is 67.9 Å². The summed E-state index contributed by atoms with van der Waals surface area (Å²) in [6.07, 6.45) is 9.50. The van der Waals surface area contributed by atoms with Crippen LogP contribution in [-0.2, 0) is 17.8 Å². The molecule has 1 atom stereocenters. The van der Waals surface area contributed by atoms with Crippen LogP contribution in [0.15, 0.2) is 36.4 Å². The van der Waals surface area contributed by atoms with Gasteiger partial charge >= 0.3 is 12.1 Å². The van der Waals surface area contributed by atoms with Crippen molar-refractivity contribution in [2.24, 2.45) is 0 Å². The Bertz CT molecular complexity index is 1520. The molecule has 0 spiro atoms. The van der Waals surface area contributed by atoms with Crippen LogP contribution in [0.4, 0.5) is 21.0 Å². The molecule has 6 rings (SSSR count). The molecule has 3 fully saturated rings. The lowest BCUT2D eigenvalue weighted by Crippen LogP contribution is -2.59. The SMILES string of the molecule is C#Cc1cc(C[C@@H](NC(=O)N2CCC(N3Cc4ccccc4NC3=O)CC2)C(=O)N2CCN(C3CCN(C)CC3)CC2)cc(Cl)c1N. The van der Waals surface area contributed by atoms with Crippen LogP contribution in [0.25, 0.3) is 0 Å². The highest BCUT2D eigenvalue weighted by atomic mass is 35.5. The fourth-order valence-corrected chi connectivity index (χ4v) is 7.62. The van der Waals surface area contributed by atoms with Crippen LogP contribution >= 0.6 is 11.6 Å². The minimum Gasteiger partial charge on any atom is -0.397 e. The number of anilines is 2. The molecule has 5 amide bonds. The topological polar surface area (TPSA) is 117 Å². The van der Waals surface area contributed by atoms with Crippen LogP contribution in [0.1, 0.15) is 42.4 Å². The van der Waals surface area contributed by atoms with E-state index in [1.165, 1.54) is 0 Å². The number of benzene rings is 2. The second-order valence-corrected chi connectivity index (χ2v) is 13.6. The molecular formula is C35H45ClN8O3. The number of nitrogen functional groups attached to an aromatic ring is 1. The van der Waals surface area contributed by atoms with Gasteiger partial charge in [0.25, 0.3) is 0 Å². The zero-order valence-electron chi connectivity index (χ0n) is 27.1. The highest BCUT2D eigenvalue weighted by Gasteiger charge is 2.35. The van der Waals surface area contributed by atoms with Crippen molar-refractivity contribution in [2.75, 3.05) is 70.5 Å². The van der Waals surface area contributed by atoms with E-state index in [0.717, 1.165) is 55.8 Å². The molecule has 0 aliphatic carbocycles. The van der Waals surface area contributed by atoms with Gasteiger partial charge in [0.1, 0.15) is 6.04 Å². The Kier molecular flexibility index (Phi) is 10.1. The number of piperidine rings is 2. The molecule has 0 radical (unpaired) electrons. The molecule has 3 saturated heterocycles. The van der Waals surface area contributed by atoms with Gasteiger partial charge in [0, 0.05) is 75.6 Å². The van der Waals surface area contributed by atoms with Crippen molar-refractivity contribution < 1.29 is 14.4 Å². The number of nitrogens with zero attached hydrogens (tertiary/aromatic N) is 5. The minimum absolute atomic E-state index is 0.0183. The molecule has 0 saturated carbocycles. The molecule has 0 aromatic heterocycles. The smallest absolute Gasteiger partial charge is 0.322 e. The second-order valence-electron chi connectivity index (χ2n) is 13.2. The lowest BCUT2D eigenvalue weighted by atomic mass is 10.00. The maximum atomic E-state index is 14.1. The third-order valence-electron chi connectivity index (χ3n) is 10.3. The normalized spacial score (nSPS) is 20.7. The molecule has 0 unspecified atom stereocenters. The molecule has 12 heteroatoms. The van der Waals surface area contributed by atoms with Gasteiger partial charge in [0.05, 0.1) is 10.7 Å². The summed E-state index contributed by atoms with van der Waals surface area (Å²) >= 11 is 6.40. The minimum atomic E-state index is -0.801. The third-order valence-corrected chi connectivity index (χ3v) is 10.6. The predicted octanol–water partition coefficient (Wildman–Crippen LogP) is 3.27. The highest BCUT2D eigenvalue weighted by Crippen LogP contribution is 2.28. The highest BCUT2D eigenvalue weighted by molar-refractivity contribution is 6.33. The number of urea groups is 2. The van der Waals surface area contributed by atoms with Crippen LogP contribution < -0.4 is 16.4 Å². The molecule has 2 aromatic rings. The zero-order valence-corrected chi connectivity index (χ0v) is 27.8. The summed E-state index contributed by atoms with van der Waals surface area (Å²) in [5.74, 6) is 2.46. The summed E-state index contributed by atoms with van der Waals surface area (Å²) in [5, 5.41) is 6.37. The van der Waals surface area contributed by atoms with Gasteiger partial charge in [-0.3, -0.25) is 9.69 Å². The quantitative estimate of drug-likeness (QED) is 0.324. The van der Waals surface area contributed by atoms with Gasteiger partial charge in [0.2, 0.25) is 5.91 Å². The van der Waals surface area contributed by atoms with Gasteiger partial charge in [-0.15, -0.1) is 6.42 Å². The number of nitrogens with two attached hydrogens (primary N) is 1. The molecule has 4 aliphatic rings. The average Bonchev–Trinajstić information content (AvgIpc) is 3.09. The van der Waals surface area contributed by atoms with Gasteiger partial charge in [-0.2, -0.15) is 0 Å². The summed E-state index contributed by atoms with van der Waals surface area (Å²) in [6.45, 7) is 6.56. The maximum Gasteiger partial charge on any atom is 0.322 e. The Labute approximate surface area is 282 Å². The van der Waals surface area contributed by atoms with E-state index in [2.05, 4.69) is 33.4 Å². The van der Waals surface area contributed by atoms with Crippen LogP contribution in [0.2, 0.25) is 5.02 Å². The molecule has 2 aromatic carbocycles. The van der Waals surface area contributed by atoms with Gasteiger partial charge in [0.15, 0.2) is 0 Å². The summed E-state index contributed by atoms with van der Waals surface area (Å²) in [7, 11) is 2.16. The third kappa shape index (κ3) is 7.45. The molecule has 0 bridgehead atoms. The number of para-hydroxylation sites is 1. The van der Waals surface area contributed by atoms with Crippen molar-refractivity contribution in [3.05, 3.63) is 58.1 Å². The number of rotatable bonds is 6. The van der Waals surface area contributed by atoms with E-state index in [1.807, 2.05) is 34.1 Å². The first kappa shape index (κ1) is 32.9. The number of nitrogens with one attached hydrogen (secondary N) is 2. The first-order valence-electron chi connectivity index (χ1n) is 16.7. The molecule has 250 valence electrons. The second kappa shape index (κ2) is 14.4.